The Kier molecular flexibility index (Phi) is 5.12. The molecule has 2 aromatic rings. The number of nitrogens with one attached hydrogen (secondary N) is 1. The molecule has 2 atom stereocenters. The summed E-state index contributed by atoms with van der Waals surface area (Å²) >= 11 is 0. The number of aryl methyl sites for hydroxylation is 1. The molecule has 1 fully saturated rings. The number of carbonyl (C=O) groups is 1. The fraction of sp³-hybridized carbons (Fsp3) is 0.350. The number of Topliss-reactive ketones (excluding diaryl/α,β-unsaturated/α-hetero) is 1. The zero-order valence-corrected chi connectivity index (χ0v) is 14.3. The summed E-state index contributed by atoms with van der Waals surface area (Å²) in [5, 5.41) is 14.4. The van der Waals surface area contributed by atoms with Crippen LogP contribution in [0.2, 0.25) is 0 Å². The van der Waals surface area contributed by atoms with E-state index in [9.17, 15) is 14.9 Å². The van der Waals surface area contributed by atoms with E-state index in [1.165, 1.54) is 12.1 Å². The van der Waals surface area contributed by atoms with Crippen LogP contribution in [0, 0.1) is 23.0 Å². The number of hydrogen-bond donors (Lipinski definition) is 1. The lowest BCUT2D eigenvalue weighted by Crippen LogP contribution is -2.30. The number of rotatable bonds is 5. The zero-order chi connectivity index (χ0) is 17.8. The second-order valence-electron chi connectivity index (χ2n) is 6.66. The van der Waals surface area contributed by atoms with Crippen LogP contribution >= 0.6 is 0 Å². The molecule has 0 spiro atoms. The third-order valence-corrected chi connectivity index (χ3v) is 4.81. The first-order valence-electron chi connectivity index (χ1n) is 8.65. The molecule has 1 aliphatic rings. The second kappa shape index (κ2) is 7.47. The molecule has 0 aromatic heterocycles. The molecule has 1 saturated carbocycles. The van der Waals surface area contributed by atoms with Gasteiger partial charge in [-0.2, -0.15) is 0 Å². The van der Waals surface area contributed by atoms with E-state index >= 15 is 0 Å². The third kappa shape index (κ3) is 4.05. The van der Waals surface area contributed by atoms with Crippen LogP contribution in [-0.2, 0) is 4.79 Å². The standard InChI is InChI=1S/C20H22N2O3/c1-14-5-4-6-16(13-14)21-20(18-7-2-3-8-19(18)23)15-9-11-17(12-10-15)22(24)25/h4-6,9-13,18,20-21H,2-3,7-8H2,1H3/t18-,20-/m1/s1. The summed E-state index contributed by atoms with van der Waals surface area (Å²) < 4.78 is 0. The van der Waals surface area contributed by atoms with Gasteiger partial charge in [-0.05, 0) is 43.0 Å². The summed E-state index contributed by atoms with van der Waals surface area (Å²) in [6.07, 6.45) is 3.45. The Hall–Kier alpha value is -2.69. The van der Waals surface area contributed by atoms with Gasteiger partial charge >= 0.3 is 0 Å². The van der Waals surface area contributed by atoms with Crippen LogP contribution in [0.3, 0.4) is 0 Å². The highest BCUT2D eigenvalue weighted by Gasteiger charge is 2.31. The quantitative estimate of drug-likeness (QED) is 0.627. The molecule has 0 saturated heterocycles. The Labute approximate surface area is 147 Å². The SMILES string of the molecule is Cc1cccc(N[C@H](c2ccc([N+](=O)[O-])cc2)[C@@H]2CCCCC2=O)c1. The molecule has 2 aromatic carbocycles. The first-order valence-corrected chi connectivity index (χ1v) is 8.65. The van der Waals surface area contributed by atoms with Crippen molar-refractivity contribution < 1.29 is 9.72 Å². The molecule has 1 N–H and O–H groups in total. The highest BCUT2D eigenvalue weighted by atomic mass is 16.6. The molecule has 1 aliphatic carbocycles. The summed E-state index contributed by atoms with van der Waals surface area (Å²) in [4.78, 5) is 23.0. The number of nitrogens with zero attached hydrogens (tertiary/aromatic N) is 1. The summed E-state index contributed by atoms with van der Waals surface area (Å²) in [6, 6.07) is 14.4. The zero-order valence-electron chi connectivity index (χ0n) is 14.3. The molecular weight excluding hydrogens is 316 g/mol. The monoisotopic (exact) mass is 338 g/mol. The topological polar surface area (TPSA) is 72.2 Å². The van der Waals surface area contributed by atoms with Crippen molar-refractivity contribution in [1.82, 2.24) is 0 Å². The van der Waals surface area contributed by atoms with E-state index in [0.717, 1.165) is 36.1 Å². The van der Waals surface area contributed by atoms with Crippen LogP contribution < -0.4 is 5.32 Å². The van der Waals surface area contributed by atoms with Gasteiger partial charge in [-0.25, -0.2) is 0 Å². The number of nitro benzene ring substituents is 1. The van der Waals surface area contributed by atoms with E-state index in [1.807, 2.05) is 31.2 Å². The van der Waals surface area contributed by atoms with Crippen LogP contribution in [0.5, 0.6) is 0 Å². The predicted octanol–water partition coefficient (Wildman–Crippen LogP) is 4.82. The minimum Gasteiger partial charge on any atom is -0.377 e. The first kappa shape index (κ1) is 17.1. The van der Waals surface area contributed by atoms with Crippen molar-refractivity contribution in [2.45, 2.75) is 38.6 Å². The third-order valence-electron chi connectivity index (χ3n) is 4.81. The predicted molar refractivity (Wildman–Crippen MR) is 97.6 cm³/mol. The Bertz CT molecular complexity index is 771. The van der Waals surface area contributed by atoms with Gasteiger partial charge in [0.1, 0.15) is 5.78 Å². The molecule has 5 heteroatoms. The van der Waals surface area contributed by atoms with E-state index in [-0.39, 0.29) is 23.4 Å². The Morgan fingerprint density at radius 2 is 1.92 bits per heavy atom. The summed E-state index contributed by atoms with van der Waals surface area (Å²) in [6.45, 7) is 2.03. The Balaban J connectivity index is 1.93. The molecule has 25 heavy (non-hydrogen) atoms. The van der Waals surface area contributed by atoms with Crippen molar-refractivity contribution in [3.8, 4) is 0 Å². The van der Waals surface area contributed by atoms with Crippen molar-refractivity contribution in [2.24, 2.45) is 5.92 Å². The van der Waals surface area contributed by atoms with Gasteiger partial charge < -0.3 is 5.32 Å². The lowest BCUT2D eigenvalue weighted by Gasteiger charge is -2.31. The Morgan fingerprint density at radius 1 is 1.16 bits per heavy atom. The molecular formula is C20H22N2O3. The van der Waals surface area contributed by atoms with Gasteiger partial charge in [-0.3, -0.25) is 14.9 Å². The van der Waals surface area contributed by atoms with Gasteiger partial charge in [0.2, 0.25) is 0 Å². The normalized spacial score (nSPS) is 18.6. The van der Waals surface area contributed by atoms with Crippen LogP contribution in [-0.4, -0.2) is 10.7 Å². The number of ketones is 1. The van der Waals surface area contributed by atoms with Crippen molar-refractivity contribution in [3.63, 3.8) is 0 Å². The fourth-order valence-electron chi connectivity index (χ4n) is 3.50. The van der Waals surface area contributed by atoms with Crippen LogP contribution in [0.25, 0.3) is 0 Å². The van der Waals surface area contributed by atoms with Crippen LogP contribution in [0.4, 0.5) is 11.4 Å². The number of carbonyl (C=O) groups excluding carboxylic acids is 1. The molecule has 0 bridgehead atoms. The van der Waals surface area contributed by atoms with Crippen LogP contribution in [0.15, 0.2) is 48.5 Å². The minimum absolute atomic E-state index is 0.0630. The number of non-ortho nitro benzene ring substituents is 1. The second-order valence-corrected chi connectivity index (χ2v) is 6.66. The molecule has 130 valence electrons. The van der Waals surface area contributed by atoms with E-state index in [0.29, 0.717) is 6.42 Å². The Morgan fingerprint density at radius 3 is 2.56 bits per heavy atom. The summed E-state index contributed by atoms with van der Waals surface area (Å²) in [7, 11) is 0. The molecule has 5 nitrogen and oxygen atoms in total. The average Bonchev–Trinajstić information content (AvgIpc) is 2.61. The lowest BCUT2D eigenvalue weighted by molar-refractivity contribution is -0.384. The highest BCUT2D eigenvalue weighted by Crippen LogP contribution is 2.35. The molecule has 0 amide bonds. The van der Waals surface area contributed by atoms with Gasteiger partial charge in [-0.1, -0.05) is 30.7 Å². The summed E-state index contributed by atoms with van der Waals surface area (Å²) in [5.74, 6) is 0.172. The van der Waals surface area contributed by atoms with Crippen molar-refractivity contribution in [2.75, 3.05) is 5.32 Å². The van der Waals surface area contributed by atoms with E-state index in [2.05, 4.69) is 5.32 Å². The average molecular weight is 338 g/mol. The number of hydrogen-bond acceptors (Lipinski definition) is 4. The van der Waals surface area contributed by atoms with E-state index in [1.54, 1.807) is 12.1 Å². The van der Waals surface area contributed by atoms with Crippen molar-refractivity contribution in [1.29, 1.82) is 0 Å². The summed E-state index contributed by atoms with van der Waals surface area (Å²) in [5.41, 5.74) is 3.07. The fourth-order valence-corrected chi connectivity index (χ4v) is 3.50. The van der Waals surface area contributed by atoms with Gasteiger partial charge in [0.05, 0.1) is 11.0 Å². The minimum atomic E-state index is -0.404. The molecule has 0 aliphatic heterocycles. The molecule has 3 rings (SSSR count). The molecule has 0 unspecified atom stereocenters. The van der Waals surface area contributed by atoms with E-state index < -0.39 is 4.92 Å². The van der Waals surface area contributed by atoms with E-state index in [4.69, 9.17) is 0 Å². The van der Waals surface area contributed by atoms with Gasteiger partial charge in [-0.15, -0.1) is 0 Å². The van der Waals surface area contributed by atoms with Gasteiger partial charge in [0, 0.05) is 30.2 Å². The van der Waals surface area contributed by atoms with Gasteiger partial charge in [0.25, 0.3) is 5.69 Å². The maximum atomic E-state index is 12.5. The maximum absolute atomic E-state index is 12.5. The lowest BCUT2D eigenvalue weighted by atomic mass is 9.80. The smallest absolute Gasteiger partial charge is 0.269 e. The largest absolute Gasteiger partial charge is 0.377 e. The van der Waals surface area contributed by atoms with Crippen LogP contribution in [0.1, 0.15) is 42.9 Å². The number of anilines is 1. The van der Waals surface area contributed by atoms with Crippen molar-refractivity contribution in [3.05, 3.63) is 69.8 Å². The first-order chi connectivity index (χ1) is 12.0. The highest BCUT2D eigenvalue weighted by molar-refractivity contribution is 5.83. The number of benzene rings is 2. The molecule has 0 radical (unpaired) electrons. The maximum Gasteiger partial charge on any atom is 0.269 e. The number of nitro groups is 1. The van der Waals surface area contributed by atoms with Gasteiger partial charge in [0.15, 0.2) is 0 Å². The molecule has 0 heterocycles. The van der Waals surface area contributed by atoms with Crippen molar-refractivity contribution >= 4 is 17.2 Å².